The van der Waals surface area contributed by atoms with Crippen LogP contribution >= 0.6 is 11.6 Å². The van der Waals surface area contributed by atoms with E-state index in [0.717, 1.165) is 35.2 Å². The van der Waals surface area contributed by atoms with E-state index in [4.69, 9.17) is 21.1 Å². The van der Waals surface area contributed by atoms with Crippen LogP contribution in [0.15, 0.2) is 48.7 Å². The van der Waals surface area contributed by atoms with Gasteiger partial charge in [-0.3, -0.25) is 0 Å². The minimum absolute atomic E-state index is 0.0941. The number of rotatable bonds is 5. The predicted molar refractivity (Wildman–Crippen MR) is 98.2 cm³/mol. The average molecular weight is 356 g/mol. The Morgan fingerprint density at radius 1 is 1.24 bits per heavy atom. The van der Waals surface area contributed by atoms with Crippen molar-refractivity contribution in [3.8, 4) is 5.88 Å². The Morgan fingerprint density at radius 3 is 3.04 bits per heavy atom. The van der Waals surface area contributed by atoms with Crippen molar-refractivity contribution in [3.05, 3.63) is 59.4 Å². The molecule has 1 fully saturated rings. The van der Waals surface area contributed by atoms with Gasteiger partial charge in [-0.2, -0.15) is 0 Å². The Labute approximate surface area is 151 Å². The Morgan fingerprint density at radius 2 is 2.16 bits per heavy atom. The number of ether oxygens (including phenoxy) is 2. The molecule has 0 bridgehead atoms. The summed E-state index contributed by atoms with van der Waals surface area (Å²) < 4.78 is 11.2. The highest BCUT2D eigenvalue weighted by molar-refractivity contribution is 6.34. The van der Waals surface area contributed by atoms with Gasteiger partial charge in [0.05, 0.1) is 13.2 Å². The predicted octanol–water partition coefficient (Wildman–Crippen LogP) is 4.06. The molecule has 1 N–H and O–H groups in total. The summed E-state index contributed by atoms with van der Waals surface area (Å²) in [5.41, 5.74) is 1.06. The summed E-state index contributed by atoms with van der Waals surface area (Å²) in [5.74, 6) is 1.37. The van der Waals surface area contributed by atoms with E-state index in [1.807, 2.05) is 42.5 Å². The largest absolute Gasteiger partial charge is 0.472 e. The molecule has 1 aliphatic rings. The zero-order valence-corrected chi connectivity index (χ0v) is 14.4. The lowest BCUT2D eigenvalue weighted by molar-refractivity contribution is 0.138. The maximum absolute atomic E-state index is 6.27. The Kier molecular flexibility index (Phi) is 4.68. The van der Waals surface area contributed by atoms with Gasteiger partial charge >= 0.3 is 0 Å². The second-order valence-electron chi connectivity index (χ2n) is 5.98. The standard InChI is InChI=1S/C19H18ClN3O2/c20-19-16-4-2-1-3-14(16)10-17(23-19)22-11-13-5-7-21-18(9-13)25-15-6-8-24-12-15/h1-5,7,9-10,15H,6,8,11-12H2,(H,22,23). The quantitative estimate of drug-likeness (QED) is 0.699. The van der Waals surface area contributed by atoms with Crippen LogP contribution in [-0.4, -0.2) is 29.3 Å². The lowest BCUT2D eigenvalue weighted by Gasteiger charge is -2.12. The Hall–Kier alpha value is -2.37. The van der Waals surface area contributed by atoms with Crippen molar-refractivity contribution >= 4 is 28.2 Å². The molecule has 1 saturated heterocycles. The zero-order valence-electron chi connectivity index (χ0n) is 13.6. The normalized spacial score (nSPS) is 16.9. The molecule has 0 radical (unpaired) electrons. The average Bonchev–Trinajstić information content (AvgIpc) is 3.13. The van der Waals surface area contributed by atoms with E-state index in [0.29, 0.717) is 24.2 Å². The number of nitrogens with zero attached hydrogens (tertiary/aromatic N) is 2. The van der Waals surface area contributed by atoms with Crippen LogP contribution in [0.2, 0.25) is 5.15 Å². The highest BCUT2D eigenvalue weighted by Gasteiger charge is 2.17. The van der Waals surface area contributed by atoms with Crippen molar-refractivity contribution in [2.24, 2.45) is 0 Å². The molecule has 1 unspecified atom stereocenters. The summed E-state index contributed by atoms with van der Waals surface area (Å²) in [4.78, 5) is 8.68. The SMILES string of the molecule is Clc1nc(NCc2ccnc(OC3CCOC3)c2)cc2ccccc12. The molecule has 128 valence electrons. The van der Waals surface area contributed by atoms with Crippen molar-refractivity contribution in [3.63, 3.8) is 0 Å². The summed E-state index contributed by atoms with van der Waals surface area (Å²) in [6.45, 7) is 1.99. The van der Waals surface area contributed by atoms with Gasteiger partial charge in [-0.15, -0.1) is 0 Å². The number of aromatic nitrogens is 2. The van der Waals surface area contributed by atoms with Crippen LogP contribution in [0.3, 0.4) is 0 Å². The monoisotopic (exact) mass is 355 g/mol. The van der Waals surface area contributed by atoms with E-state index in [1.165, 1.54) is 0 Å². The van der Waals surface area contributed by atoms with E-state index in [1.54, 1.807) is 6.20 Å². The van der Waals surface area contributed by atoms with Crippen LogP contribution < -0.4 is 10.1 Å². The molecule has 5 nitrogen and oxygen atoms in total. The molecule has 25 heavy (non-hydrogen) atoms. The van der Waals surface area contributed by atoms with Gasteiger partial charge in [0.15, 0.2) is 0 Å². The van der Waals surface area contributed by atoms with Gasteiger partial charge in [0.1, 0.15) is 17.1 Å². The van der Waals surface area contributed by atoms with E-state index < -0.39 is 0 Å². The van der Waals surface area contributed by atoms with E-state index in [2.05, 4.69) is 15.3 Å². The van der Waals surface area contributed by atoms with Crippen LogP contribution in [0.5, 0.6) is 5.88 Å². The number of hydrogen-bond acceptors (Lipinski definition) is 5. The molecule has 0 spiro atoms. The number of hydrogen-bond donors (Lipinski definition) is 1. The van der Waals surface area contributed by atoms with Crippen LogP contribution in [-0.2, 0) is 11.3 Å². The molecule has 6 heteroatoms. The van der Waals surface area contributed by atoms with Crippen molar-refractivity contribution in [1.29, 1.82) is 0 Å². The number of nitrogens with one attached hydrogen (secondary N) is 1. The highest BCUT2D eigenvalue weighted by atomic mass is 35.5. The second kappa shape index (κ2) is 7.25. The van der Waals surface area contributed by atoms with Crippen LogP contribution in [0, 0.1) is 0 Å². The minimum Gasteiger partial charge on any atom is -0.472 e. The smallest absolute Gasteiger partial charge is 0.213 e. The third kappa shape index (κ3) is 3.83. The molecule has 0 aliphatic carbocycles. The Balaban J connectivity index is 1.46. The van der Waals surface area contributed by atoms with Crippen LogP contribution in [0.4, 0.5) is 5.82 Å². The first-order valence-electron chi connectivity index (χ1n) is 8.26. The molecule has 4 rings (SSSR count). The minimum atomic E-state index is 0.0941. The first kappa shape index (κ1) is 16.1. The van der Waals surface area contributed by atoms with Crippen molar-refractivity contribution in [2.45, 2.75) is 19.1 Å². The fraction of sp³-hybridized carbons (Fsp3) is 0.263. The molecular formula is C19H18ClN3O2. The van der Waals surface area contributed by atoms with E-state index in [-0.39, 0.29) is 6.10 Å². The third-order valence-electron chi connectivity index (χ3n) is 4.14. The third-order valence-corrected chi connectivity index (χ3v) is 4.43. The van der Waals surface area contributed by atoms with E-state index >= 15 is 0 Å². The Bertz CT molecular complexity index is 881. The summed E-state index contributed by atoms with van der Waals surface area (Å²) in [7, 11) is 0. The molecule has 0 saturated carbocycles. The lowest BCUT2D eigenvalue weighted by Crippen LogP contribution is -2.16. The molecule has 1 aliphatic heterocycles. The van der Waals surface area contributed by atoms with Crippen molar-refractivity contribution in [2.75, 3.05) is 18.5 Å². The van der Waals surface area contributed by atoms with Gasteiger partial charge in [0.2, 0.25) is 5.88 Å². The van der Waals surface area contributed by atoms with Crippen LogP contribution in [0.1, 0.15) is 12.0 Å². The summed E-state index contributed by atoms with van der Waals surface area (Å²) in [5, 5.41) is 5.82. The summed E-state index contributed by atoms with van der Waals surface area (Å²) >= 11 is 6.27. The highest BCUT2D eigenvalue weighted by Crippen LogP contribution is 2.25. The maximum Gasteiger partial charge on any atom is 0.213 e. The molecule has 2 aromatic heterocycles. The van der Waals surface area contributed by atoms with Gasteiger partial charge in [-0.1, -0.05) is 35.9 Å². The fourth-order valence-electron chi connectivity index (χ4n) is 2.84. The van der Waals surface area contributed by atoms with Crippen molar-refractivity contribution < 1.29 is 9.47 Å². The van der Waals surface area contributed by atoms with Gasteiger partial charge < -0.3 is 14.8 Å². The molecule has 1 atom stereocenters. The molecule has 1 aromatic carbocycles. The number of halogens is 1. The van der Waals surface area contributed by atoms with Gasteiger partial charge in [0, 0.05) is 30.6 Å². The van der Waals surface area contributed by atoms with Gasteiger partial charge in [-0.25, -0.2) is 9.97 Å². The van der Waals surface area contributed by atoms with Gasteiger partial charge in [-0.05, 0) is 23.1 Å². The second-order valence-corrected chi connectivity index (χ2v) is 6.34. The van der Waals surface area contributed by atoms with Crippen molar-refractivity contribution in [1.82, 2.24) is 9.97 Å². The fourth-order valence-corrected chi connectivity index (χ4v) is 3.10. The molecule has 3 aromatic rings. The first-order valence-corrected chi connectivity index (χ1v) is 8.64. The summed E-state index contributed by atoms with van der Waals surface area (Å²) in [6, 6.07) is 13.8. The summed E-state index contributed by atoms with van der Waals surface area (Å²) in [6.07, 6.45) is 2.75. The maximum atomic E-state index is 6.27. The molecule has 0 amide bonds. The first-order chi connectivity index (χ1) is 12.3. The topological polar surface area (TPSA) is 56.3 Å². The number of pyridine rings is 2. The molecular weight excluding hydrogens is 338 g/mol. The number of fused-ring (bicyclic) bond motifs is 1. The van der Waals surface area contributed by atoms with E-state index in [9.17, 15) is 0 Å². The lowest BCUT2D eigenvalue weighted by atomic mass is 10.2. The number of benzene rings is 1. The van der Waals surface area contributed by atoms with Crippen LogP contribution in [0.25, 0.3) is 10.8 Å². The number of anilines is 1. The molecule has 3 heterocycles. The van der Waals surface area contributed by atoms with Gasteiger partial charge in [0.25, 0.3) is 0 Å². The zero-order chi connectivity index (χ0) is 17.1.